The highest BCUT2D eigenvalue weighted by Crippen LogP contribution is 2.18. The predicted octanol–water partition coefficient (Wildman–Crippen LogP) is 0.533. The Labute approximate surface area is 91.2 Å². The van der Waals surface area contributed by atoms with E-state index in [9.17, 15) is 9.90 Å². The van der Waals surface area contributed by atoms with Gasteiger partial charge in [0.1, 0.15) is 0 Å². The van der Waals surface area contributed by atoms with E-state index in [1.165, 1.54) is 0 Å². The van der Waals surface area contributed by atoms with E-state index >= 15 is 0 Å². The number of hydrogen-bond acceptors (Lipinski definition) is 3. The Balaban J connectivity index is 2.30. The average Bonchev–Trinajstić information content (AvgIpc) is 2.18. The predicted molar refractivity (Wildman–Crippen MR) is 59.3 cm³/mol. The summed E-state index contributed by atoms with van der Waals surface area (Å²) in [5.74, 6) is -0.0732. The van der Waals surface area contributed by atoms with Crippen LogP contribution in [0.2, 0.25) is 0 Å². The Morgan fingerprint density at radius 2 is 2.33 bits per heavy atom. The standard InChI is InChI=1S/C11H22N2O2/c1-2-4-10(12)11(15)13-8-5-3-6-9(14)7-8/h8-10,14H,2-7,12H2,1H3,(H,13,15)/t8?,9?,10-/m0/s1. The third-order valence-corrected chi connectivity index (χ3v) is 2.93. The van der Waals surface area contributed by atoms with E-state index in [0.717, 1.165) is 32.1 Å². The Morgan fingerprint density at radius 1 is 1.60 bits per heavy atom. The van der Waals surface area contributed by atoms with E-state index in [1.54, 1.807) is 0 Å². The van der Waals surface area contributed by atoms with E-state index in [0.29, 0.717) is 6.42 Å². The number of nitrogens with two attached hydrogens (primary N) is 1. The smallest absolute Gasteiger partial charge is 0.237 e. The van der Waals surface area contributed by atoms with Crippen LogP contribution in [0.4, 0.5) is 0 Å². The van der Waals surface area contributed by atoms with E-state index in [1.807, 2.05) is 6.92 Å². The van der Waals surface area contributed by atoms with Crippen molar-refractivity contribution in [3.05, 3.63) is 0 Å². The number of amides is 1. The van der Waals surface area contributed by atoms with Crippen molar-refractivity contribution in [1.29, 1.82) is 0 Å². The van der Waals surface area contributed by atoms with Crippen LogP contribution in [-0.4, -0.2) is 29.2 Å². The summed E-state index contributed by atoms with van der Waals surface area (Å²) < 4.78 is 0. The minimum atomic E-state index is -0.394. The molecule has 0 spiro atoms. The third-order valence-electron chi connectivity index (χ3n) is 2.93. The van der Waals surface area contributed by atoms with Gasteiger partial charge < -0.3 is 16.2 Å². The van der Waals surface area contributed by atoms with Gasteiger partial charge in [0.15, 0.2) is 0 Å². The Hall–Kier alpha value is -0.610. The van der Waals surface area contributed by atoms with Crippen molar-refractivity contribution in [2.75, 3.05) is 0 Å². The van der Waals surface area contributed by atoms with Crippen LogP contribution in [0.5, 0.6) is 0 Å². The first-order chi connectivity index (χ1) is 7.13. The lowest BCUT2D eigenvalue weighted by Crippen LogP contribution is -2.47. The fourth-order valence-corrected chi connectivity index (χ4v) is 2.05. The summed E-state index contributed by atoms with van der Waals surface area (Å²) in [6.07, 6.45) is 4.85. The highest BCUT2D eigenvalue weighted by atomic mass is 16.3. The van der Waals surface area contributed by atoms with Gasteiger partial charge in [-0.2, -0.15) is 0 Å². The second kappa shape index (κ2) is 6.08. The molecular weight excluding hydrogens is 192 g/mol. The number of rotatable bonds is 4. The lowest BCUT2D eigenvalue weighted by molar-refractivity contribution is -0.123. The maximum atomic E-state index is 11.6. The zero-order valence-electron chi connectivity index (χ0n) is 9.41. The van der Waals surface area contributed by atoms with Crippen molar-refractivity contribution >= 4 is 5.91 Å². The van der Waals surface area contributed by atoms with Crippen molar-refractivity contribution in [3.8, 4) is 0 Å². The van der Waals surface area contributed by atoms with Crippen LogP contribution in [0, 0.1) is 0 Å². The Morgan fingerprint density at radius 3 is 2.93 bits per heavy atom. The lowest BCUT2D eigenvalue weighted by atomic mass is 9.93. The van der Waals surface area contributed by atoms with E-state index in [-0.39, 0.29) is 18.1 Å². The highest BCUT2D eigenvalue weighted by Gasteiger charge is 2.23. The van der Waals surface area contributed by atoms with Gasteiger partial charge in [-0.1, -0.05) is 13.3 Å². The van der Waals surface area contributed by atoms with Crippen LogP contribution in [0.25, 0.3) is 0 Å². The number of carbonyl (C=O) groups excluding carboxylic acids is 1. The topological polar surface area (TPSA) is 75.4 Å². The van der Waals surface area contributed by atoms with Crippen LogP contribution in [0.15, 0.2) is 0 Å². The van der Waals surface area contributed by atoms with Crippen LogP contribution in [0.1, 0.15) is 45.4 Å². The van der Waals surface area contributed by atoms with Gasteiger partial charge in [0, 0.05) is 6.04 Å². The van der Waals surface area contributed by atoms with Gasteiger partial charge in [-0.05, 0) is 32.1 Å². The number of aliphatic hydroxyl groups excluding tert-OH is 1. The number of carbonyl (C=O) groups is 1. The summed E-state index contributed by atoms with van der Waals surface area (Å²) in [6.45, 7) is 2.01. The van der Waals surface area contributed by atoms with Crippen molar-refractivity contribution in [1.82, 2.24) is 5.32 Å². The molecule has 1 saturated carbocycles. The summed E-state index contributed by atoms with van der Waals surface area (Å²) >= 11 is 0. The first-order valence-corrected chi connectivity index (χ1v) is 5.87. The van der Waals surface area contributed by atoms with Gasteiger partial charge in [0.05, 0.1) is 12.1 Å². The van der Waals surface area contributed by atoms with Gasteiger partial charge in [0.2, 0.25) is 5.91 Å². The quantitative estimate of drug-likeness (QED) is 0.639. The molecule has 0 aromatic rings. The molecule has 0 aliphatic heterocycles. The molecule has 0 bridgehead atoms. The van der Waals surface area contributed by atoms with Crippen LogP contribution in [0.3, 0.4) is 0 Å². The molecule has 0 aromatic heterocycles. The van der Waals surface area contributed by atoms with Crippen molar-refractivity contribution < 1.29 is 9.90 Å². The molecule has 88 valence electrons. The van der Waals surface area contributed by atoms with Crippen LogP contribution >= 0.6 is 0 Å². The maximum Gasteiger partial charge on any atom is 0.237 e. The van der Waals surface area contributed by atoms with Crippen molar-refractivity contribution in [2.24, 2.45) is 5.73 Å². The summed E-state index contributed by atoms with van der Waals surface area (Å²) in [5, 5.41) is 12.4. The Kier molecular flexibility index (Phi) is 5.05. The highest BCUT2D eigenvalue weighted by molar-refractivity contribution is 5.81. The zero-order valence-corrected chi connectivity index (χ0v) is 9.41. The minimum Gasteiger partial charge on any atom is -0.393 e. The molecule has 1 aliphatic carbocycles. The molecule has 15 heavy (non-hydrogen) atoms. The maximum absolute atomic E-state index is 11.6. The molecule has 1 aliphatic rings. The van der Waals surface area contributed by atoms with Crippen molar-refractivity contribution in [2.45, 2.75) is 63.6 Å². The summed E-state index contributed by atoms with van der Waals surface area (Å²) in [5.41, 5.74) is 5.71. The molecular formula is C11H22N2O2. The molecule has 0 aromatic carbocycles. The van der Waals surface area contributed by atoms with Gasteiger partial charge in [-0.15, -0.1) is 0 Å². The number of nitrogens with one attached hydrogen (secondary N) is 1. The fourth-order valence-electron chi connectivity index (χ4n) is 2.05. The second-order valence-electron chi connectivity index (χ2n) is 4.42. The van der Waals surface area contributed by atoms with E-state index in [4.69, 9.17) is 5.73 Å². The molecule has 4 nitrogen and oxygen atoms in total. The summed E-state index contributed by atoms with van der Waals surface area (Å²) in [7, 11) is 0. The SMILES string of the molecule is CCC[C@H](N)C(=O)NC1CCCC(O)C1. The van der Waals surface area contributed by atoms with Gasteiger partial charge in [-0.3, -0.25) is 4.79 Å². The first-order valence-electron chi connectivity index (χ1n) is 5.87. The molecule has 1 fully saturated rings. The number of aliphatic hydroxyl groups is 1. The molecule has 1 amide bonds. The van der Waals surface area contributed by atoms with Crippen molar-refractivity contribution in [3.63, 3.8) is 0 Å². The van der Waals surface area contributed by atoms with Crippen LogP contribution in [-0.2, 0) is 4.79 Å². The van der Waals surface area contributed by atoms with E-state index < -0.39 is 6.04 Å². The lowest BCUT2D eigenvalue weighted by Gasteiger charge is -2.27. The number of hydrogen-bond donors (Lipinski definition) is 3. The van der Waals surface area contributed by atoms with Crippen LogP contribution < -0.4 is 11.1 Å². The molecule has 1 rings (SSSR count). The fraction of sp³-hybridized carbons (Fsp3) is 0.909. The summed E-state index contributed by atoms with van der Waals surface area (Å²) in [4.78, 5) is 11.6. The normalized spacial score (nSPS) is 28.5. The average molecular weight is 214 g/mol. The van der Waals surface area contributed by atoms with E-state index in [2.05, 4.69) is 5.32 Å². The first kappa shape index (κ1) is 12.5. The van der Waals surface area contributed by atoms with Gasteiger partial charge >= 0.3 is 0 Å². The minimum absolute atomic E-state index is 0.0732. The molecule has 2 unspecified atom stereocenters. The summed E-state index contributed by atoms with van der Waals surface area (Å²) in [6, 6.07) is -0.279. The molecule has 0 saturated heterocycles. The molecule has 4 heteroatoms. The third kappa shape index (κ3) is 4.18. The zero-order chi connectivity index (χ0) is 11.3. The molecule has 4 N–H and O–H groups in total. The van der Waals surface area contributed by atoms with Gasteiger partial charge in [-0.25, -0.2) is 0 Å². The molecule has 0 radical (unpaired) electrons. The largest absolute Gasteiger partial charge is 0.393 e. The monoisotopic (exact) mass is 214 g/mol. The van der Waals surface area contributed by atoms with Gasteiger partial charge in [0.25, 0.3) is 0 Å². The molecule has 3 atom stereocenters. The molecule has 0 heterocycles. The Bertz CT molecular complexity index is 209. The second-order valence-corrected chi connectivity index (χ2v) is 4.42.